The first-order chi connectivity index (χ1) is 9.40. The minimum atomic E-state index is -3.72. The van der Waals surface area contributed by atoms with Gasteiger partial charge in [0.15, 0.2) is 0 Å². The molecule has 0 aliphatic heterocycles. The highest BCUT2D eigenvalue weighted by Gasteiger charge is 2.28. The molecule has 1 aromatic rings. The van der Waals surface area contributed by atoms with Gasteiger partial charge in [0.25, 0.3) is 0 Å². The SMILES string of the molecule is Cc1sc(Br)cc1S(=O)(=O)NC(CC(=O)O)CC(C)(C)C. The highest BCUT2D eigenvalue weighted by molar-refractivity contribution is 9.11. The summed E-state index contributed by atoms with van der Waals surface area (Å²) in [5.41, 5.74) is -0.174. The van der Waals surface area contributed by atoms with E-state index in [2.05, 4.69) is 20.7 Å². The predicted octanol–water partition coefficient (Wildman–Crippen LogP) is 3.38. The molecule has 2 N–H and O–H groups in total. The van der Waals surface area contributed by atoms with Crippen molar-refractivity contribution in [3.63, 3.8) is 0 Å². The molecule has 0 bridgehead atoms. The Bertz CT molecular complexity index is 617. The van der Waals surface area contributed by atoms with Crippen LogP contribution < -0.4 is 4.72 Å². The zero-order chi connectivity index (χ0) is 16.4. The number of halogens is 1. The van der Waals surface area contributed by atoms with Crippen molar-refractivity contribution in [2.75, 3.05) is 0 Å². The van der Waals surface area contributed by atoms with Crippen molar-refractivity contribution in [2.45, 2.75) is 51.5 Å². The zero-order valence-corrected chi connectivity index (χ0v) is 15.7. The van der Waals surface area contributed by atoms with Crippen LogP contribution in [-0.4, -0.2) is 25.5 Å². The first kappa shape index (κ1) is 18.6. The van der Waals surface area contributed by atoms with E-state index in [1.807, 2.05) is 20.8 Å². The lowest BCUT2D eigenvalue weighted by Gasteiger charge is -2.25. The van der Waals surface area contributed by atoms with Gasteiger partial charge in [0.1, 0.15) is 0 Å². The number of carbonyl (C=O) groups is 1. The lowest BCUT2D eigenvalue weighted by Crippen LogP contribution is -2.39. The van der Waals surface area contributed by atoms with Gasteiger partial charge in [0.05, 0.1) is 15.1 Å². The van der Waals surface area contributed by atoms with E-state index in [0.717, 1.165) is 3.79 Å². The monoisotopic (exact) mass is 397 g/mol. The highest BCUT2D eigenvalue weighted by atomic mass is 79.9. The third-order valence-corrected chi connectivity index (χ3v) is 6.06. The molecule has 0 saturated heterocycles. The molecule has 5 nitrogen and oxygen atoms in total. The maximum atomic E-state index is 12.4. The molecule has 0 radical (unpaired) electrons. The summed E-state index contributed by atoms with van der Waals surface area (Å²) < 4.78 is 28.1. The second kappa shape index (κ2) is 6.76. The van der Waals surface area contributed by atoms with Gasteiger partial charge in [-0.3, -0.25) is 4.79 Å². The van der Waals surface area contributed by atoms with Crippen LogP contribution in [0.2, 0.25) is 0 Å². The smallest absolute Gasteiger partial charge is 0.304 e. The van der Waals surface area contributed by atoms with Gasteiger partial charge in [-0.1, -0.05) is 20.8 Å². The predicted molar refractivity (Wildman–Crippen MR) is 87.2 cm³/mol. The van der Waals surface area contributed by atoms with Crippen LogP contribution in [0.1, 0.15) is 38.5 Å². The van der Waals surface area contributed by atoms with Gasteiger partial charge in [0, 0.05) is 10.9 Å². The second-order valence-electron chi connectivity index (χ2n) is 6.15. The van der Waals surface area contributed by atoms with Crippen molar-refractivity contribution in [3.8, 4) is 0 Å². The Morgan fingerprint density at radius 3 is 2.43 bits per heavy atom. The number of sulfonamides is 1. The van der Waals surface area contributed by atoms with Crippen molar-refractivity contribution in [1.82, 2.24) is 4.72 Å². The molecule has 120 valence electrons. The molecule has 1 heterocycles. The average Bonchev–Trinajstić information content (AvgIpc) is 2.53. The van der Waals surface area contributed by atoms with Crippen molar-refractivity contribution in [3.05, 3.63) is 14.7 Å². The van der Waals surface area contributed by atoms with Crippen LogP contribution in [0.4, 0.5) is 0 Å². The molecule has 1 rings (SSSR count). The summed E-state index contributed by atoms with van der Waals surface area (Å²) in [4.78, 5) is 11.8. The summed E-state index contributed by atoms with van der Waals surface area (Å²) in [6.45, 7) is 7.56. The summed E-state index contributed by atoms with van der Waals surface area (Å²) in [5, 5.41) is 8.97. The first-order valence-corrected chi connectivity index (χ1v) is 9.50. The summed E-state index contributed by atoms with van der Waals surface area (Å²) >= 11 is 4.59. The molecule has 0 saturated carbocycles. The van der Waals surface area contributed by atoms with Crippen LogP contribution in [0.5, 0.6) is 0 Å². The number of carboxylic acid groups (broad SMARTS) is 1. The standard InChI is InChI=1S/C13H20BrNO4S2/c1-8-10(6-11(14)20-8)21(18,19)15-9(5-12(16)17)7-13(2,3)4/h6,9,15H,5,7H2,1-4H3,(H,16,17). The molecule has 1 atom stereocenters. The number of thiophene rings is 1. The molecule has 21 heavy (non-hydrogen) atoms. The number of aliphatic carboxylic acids is 1. The maximum absolute atomic E-state index is 12.4. The third-order valence-electron chi connectivity index (χ3n) is 2.73. The minimum absolute atomic E-state index is 0.174. The maximum Gasteiger partial charge on any atom is 0.304 e. The largest absolute Gasteiger partial charge is 0.481 e. The molecule has 0 fully saturated rings. The van der Waals surface area contributed by atoms with E-state index in [1.165, 1.54) is 17.4 Å². The number of aryl methyl sites for hydroxylation is 1. The average molecular weight is 398 g/mol. The van der Waals surface area contributed by atoms with Crippen molar-refractivity contribution < 1.29 is 18.3 Å². The molecule has 0 spiro atoms. The van der Waals surface area contributed by atoms with E-state index < -0.39 is 22.0 Å². The molecular weight excluding hydrogens is 378 g/mol. The van der Waals surface area contributed by atoms with Crippen LogP contribution in [0.25, 0.3) is 0 Å². The summed E-state index contributed by atoms with van der Waals surface area (Å²) in [6.07, 6.45) is 0.212. The van der Waals surface area contributed by atoms with Gasteiger partial charge >= 0.3 is 5.97 Å². The van der Waals surface area contributed by atoms with Crippen LogP contribution >= 0.6 is 27.3 Å². The summed E-state index contributed by atoms with van der Waals surface area (Å²) in [7, 11) is -3.72. The van der Waals surface area contributed by atoms with Crippen molar-refractivity contribution in [1.29, 1.82) is 0 Å². The zero-order valence-electron chi connectivity index (χ0n) is 12.4. The van der Waals surface area contributed by atoms with E-state index in [-0.39, 0.29) is 16.7 Å². The van der Waals surface area contributed by atoms with Gasteiger partial charge in [-0.05, 0) is 40.8 Å². The molecule has 1 aromatic heterocycles. The summed E-state index contributed by atoms with van der Waals surface area (Å²) in [5.74, 6) is -1.02. The number of hydrogen-bond donors (Lipinski definition) is 2. The fourth-order valence-corrected chi connectivity index (χ4v) is 5.74. The lowest BCUT2D eigenvalue weighted by molar-refractivity contribution is -0.137. The molecule has 0 aliphatic carbocycles. The number of carboxylic acids is 1. The number of nitrogens with one attached hydrogen (secondary N) is 1. The molecular formula is C13H20BrNO4S2. The Kier molecular flexibility index (Phi) is 5.99. The van der Waals surface area contributed by atoms with E-state index >= 15 is 0 Å². The third kappa shape index (κ3) is 6.06. The normalized spacial score (nSPS) is 14.1. The Hall–Kier alpha value is -0.440. The highest BCUT2D eigenvalue weighted by Crippen LogP contribution is 2.30. The molecule has 8 heteroatoms. The Morgan fingerprint density at radius 1 is 1.48 bits per heavy atom. The fourth-order valence-electron chi connectivity index (χ4n) is 2.09. The van der Waals surface area contributed by atoms with E-state index in [9.17, 15) is 13.2 Å². The molecule has 0 aromatic carbocycles. The molecule has 0 aliphatic rings. The van der Waals surface area contributed by atoms with Gasteiger partial charge in [-0.2, -0.15) is 0 Å². The van der Waals surface area contributed by atoms with E-state index in [4.69, 9.17) is 5.11 Å². The quantitative estimate of drug-likeness (QED) is 0.770. The first-order valence-electron chi connectivity index (χ1n) is 6.41. The van der Waals surface area contributed by atoms with Crippen LogP contribution in [0.3, 0.4) is 0 Å². The molecule has 1 unspecified atom stereocenters. The second-order valence-corrected chi connectivity index (χ2v) is 10.5. The number of rotatable bonds is 6. The van der Waals surface area contributed by atoms with Gasteiger partial charge in [-0.15, -0.1) is 11.3 Å². The van der Waals surface area contributed by atoms with Crippen LogP contribution in [0.15, 0.2) is 14.7 Å². The van der Waals surface area contributed by atoms with E-state index in [0.29, 0.717) is 11.3 Å². The number of hydrogen-bond acceptors (Lipinski definition) is 4. The van der Waals surface area contributed by atoms with Crippen molar-refractivity contribution >= 4 is 43.3 Å². The fraction of sp³-hybridized carbons (Fsp3) is 0.615. The van der Waals surface area contributed by atoms with Gasteiger partial charge < -0.3 is 5.11 Å². The Labute approximate surface area is 137 Å². The van der Waals surface area contributed by atoms with Crippen LogP contribution in [0, 0.1) is 12.3 Å². The Balaban J connectivity index is 3.01. The lowest BCUT2D eigenvalue weighted by atomic mass is 9.87. The van der Waals surface area contributed by atoms with E-state index in [1.54, 1.807) is 6.92 Å². The summed E-state index contributed by atoms with van der Waals surface area (Å²) in [6, 6.07) is 0.905. The topological polar surface area (TPSA) is 83.5 Å². The van der Waals surface area contributed by atoms with Gasteiger partial charge in [-0.25, -0.2) is 13.1 Å². The van der Waals surface area contributed by atoms with Crippen molar-refractivity contribution in [2.24, 2.45) is 5.41 Å². The Morgan fingerprint density at radius 2 is 2.05 bits per heavy atom. The molecule has 0 amide bonds. The minimum Gasteiger partial charge on any atom is -0.481 e. The van der Waals surface area contributed by atoms with Crippen LogP contribution in [-0.2, 0) is 14.8 Å². The van der Waals surface area contributed by atoms with Gasteiger partial charge in [0.2, 0.25) is 10.0 Å².